The van der Waals surface area contributed by atoms with Crippen LogP contribution in [0, 0.1) is 0 Å². The molecule has 3 heterocycles. The number of rotatable bonds is 6. The van der Waals surface area contributed by atoms with Crippen LogP contribution in [0.4, 0.5) is 4.39 Å². The predicted molar refractivity (Wildman–Crippen MR) is 118 cm³/mol. The SMILES string of the molecule is C.CCC1OC[C@H](C(=O)OC)O1.CC[C@@H]1OC[C@H](C(=O)O)O1.CC[C@H]1OC[C@H](C(=O)O)O1.CF.[3HH]. The van der Waals surface area contributed by atoms with E-state index in [-0.39, 0.29) is 46.9 Å². The Morgan fingerprint density at radius 1 is 0.765 bits per heavy atom. The average molecular weight is 507 g/mol. The van der Waals surface area contributed by atoms with Crippen LogP contribution in [-0.2, 0) is 47.5 Å². The Hall–Kier alpha value is -1.90. The summed E-state index contributed by atoms with van der Waals surface area (Å²) in [6, 6.07) is 0. The van der Waals surface area contributed by atoms with Gasteiger partial charge in [0.25, 0.3) is 0 Å². The van der Waals surface area contributed by atoms with E-state index in [9.17, 15) is 18.8 Å². The van der Waals surface area contributed by atoms with E-state index in [1.165, 1.54) is 7.11 Å². The van der Waals surface area contributed by atoms with Gasteiger partial charge in [0.2, 0.25) is 0 Å². The zero-order valence-electron chi connectivity index (χ0n) is 19.6. The molecule has 3 saturated heterocycles. The zero-order chi connectivity index (χ0) is 25.4. The molecule has 0 spiro atoms. The maximum absolute atomic E-state index is 10.8. The summed E-state index contributed by atoms with van der Waals surface area (Å²) in [5.41, 5.74) is 0. The molecular weight excluding hydrogens is 463 g/mol. The molecule has 0 amide bonds. The van der Waals surface area contributed by atoms with E-state index >= 15 is 0 Å². The van der Waals surface area contributed by atoms with Crippen molar-refractivity contribution < 1.29 is 63.6 Å². The van der Waals surface area contributed by atoms with Gasteiger partial charge >= 0.3 is 17.9 Å². The molecule has 3 fully saturated rings. The van der Waals surface area contributed by atoms with Crippen LogP contribution in [-0.4, -0.2) is 99.4 Å². The fourth-order valence-corrected chi connectivity index (χ4v) is 2.53. The summed E-state index contributed by atoms with van der Waals surface area (Å²) >= 11 is 0. The fraction of sp³-hybridized carbons (Fsp3) is 0.857. The lowest BCUT2D eigenvalue weighted by atomic mass is 10.4. The molecule has 204 valence electrons. The van der Waals surface area contributed by atoms with Crippen molar-refractivity contribution in [3.05, 3.63) is 0 Å². The van der Waals surface area contributed by atoms with Gasteiger partial charge in [-0.1, -0.05) is 28.2 Å². The van der Waals surface area contributed by atoms with E-state index in [4.69, 9.17) is 38.6 Å². The minimum absolute atomic E-state index is 0. The number of aliphatic carboxylic acids is 2. The van der Waals surface area contributed by atoms with Crippen LogP contribution in [0.5, 0.6) is 0 Å². The number of carboxylic acids is 2. The van der Waals surface area contributed by atoms with Gasteiger partial charge < -0.3 is 43.4 Å². The predicted octanol–water partition coefficient (Wildman–Crippen LogP) is 2.22. The first-order valence-electron chi connectivity index (χ1n) is 10.5. The molecule has 6 atom stereocenters. The molecule has 0 saturated carbocycles. The van der Waals surface area contributed by atoms with Crippen LogP contribution in [0.1, 0.15) is 48.9 Å². The molecule has 0 radical (unpaired) electrons. The summed E-state index contributed by atoms with van der Waals surface area (Å²) in [6.07, 6.45) is -0.762. The number of methoxy groups -OCH3 is 1. The summed E-state index contributed by atoms with van der Waals surface area (Å²) in [7, 11) is 1.84. The van der Waals surface area contributed by atoms with Crippen molar-refractivity contribution in [3.63, 3.8) is 0 Å². The second-order valence-electron chi connectivity index (χ2n) is 6.59. The van der Waals surface area contributed by atoms with Gasteiger partial charge in [-0.3, -0.25) is 4.39 Å². The van der Waals surface area contributed by atoms with Crippen molar-refractivity contribution in [2.45, 2.75) is 84.6 Å². The molecule has 1 unspecified atom stereocenters. The molecule has 0 aromatic heterocycles. The Morgan fingerprint density at radius 3 is 1.26 bits per heavy atom. The van der Waals surface area contributed by atoms with Gasteiger partial charge in [-0.2, -0.15) is 0 Å². The highest BCUT2D eigenvalue weighted by Gasteiger charge is 2.31. The minimum Gasteiger partial charge on any atom is -0.479 e. The minimum atomic E-state index is -0.948. The third kappa shape index (κ3) is 12.5. The van der Waals surface area contributed by atoms with Crippen molar-refractivity contribution in [2.24, 2.45) is 0 Å². The van der Waals surface area contributed by atoms with Crippen LogP contribution >= 0.6 is 0 Å². The highest BCUT2D eigenvalue weighted by Crippen LogP contribution is 2.15. The number of hydrogen-bond donors (Lipinski definition) is 2. The molecule has 2 N–H and O–H groups in total. The number of esters is 1. The van der Waals surface area contributed by atoms with Crippen LogP contribution in [0.2, 0.25) is 0 Å². The number of hydrogen-bond acceptors (Lipinski definition) is 10. The Balaban J connectivity index is -0.000000412. The number of alkyl halides is 1. The molecule has 0 aromatic carbocycles. The van der Waals surface area contributed by atoms with Gasteiger partial charge in [0.1, 0.15) is 0 Å². The number of ether oxygens (including phenoxy) is 7. The Kier molecular flexibility index (Phi) is 19.6. The van der Waals surface area contributed by atoms with Gasteiger partial charge in [0, 0.05) is 1.43 Å². The largest absolute Gasteiger partial charge is 0.479 e. The molecule has 3 rings (SSSR count). The average Bonchev–Trinajstić information content (AvgIpc) is 3.60. The summed E-state index contributed by atoms with van der Waals surface area (Å²) in [5.74, 6) is -2.26. The Morgan fingerprint density at radius 2 is 1.06 bits per heavy atom. The molecule has 0 aromatic rings. The number of carboxylic acid groups (broad SMARTS) is 2. The Bertz CT molecular complexity index is 551. The lowest BCUT2D eigenvalue weighted by Crippen LogP contribution is -2.24. The monoisotopic (exact) mass is 506 g/mol. The lowest BCUT2D eigenvalue weighted by Gasteiger charge is -2.06. The second-order valence-corrected chi connectivity index (χ2v) is 6.59. The fourth-order valence-electron chi connectivity index (χ4n) is 2.53. The van der Waals surface area contributed by atoms with Crippen molar-refractivity contribution in [1.29, 1.82) is 0 Å². The molecule has 3 aliphatic heterocycles. The number of carbonyl (C=O) groups is 3. The van der Waals surface area contributed by atoms with Crippen LogP contribution in [0.25, 0.3) is 0 Å². The van der Waals surface area contributed by atoms with E-state index in [0.29, 0.717) is 26.6 Å². The van der Waals surface area contributed by atoms with Crippen molar-refractivity contribution in [1.82, 2.24) is 0 Å². The first-order chi connectivity index (χ1) is 15.7. The lowest BCUT2D eigenvalue weighted by molar-refractivity contribution is -0.154. The van der Waals surface area contributed by atoms with Crippen LogP contribution < -0.4 is 0 Å². The molecule has 3 aliphatic rings. The maximum Gasteiger partial charge on any atom is 0.337 e. The van der Waals surface area contributed by atoms with Gasteiger partial charge in [-0.15, -0.1) is 0 Å². The first-order valence-corrected chi connectivity index (χ1v) is 10.5. The molecule has 34 heavy (non-hydrogen) atoms. The van der Waals surface area contributed by atoms with Crippen molar-refractivity contribution >= 4 is 17.9 Å². The topological polar surface area (TPSA) is 156 Å². The summed E-state index contributed by atoms with van der Waals surface area (Å²) in [5, 5.41) is 16.8. The van der Waals surface area contributed by atoms with Crippen LogP contribution in [0.3, 0.4) is 0 Å². The van der Waals surface area contributed by atoms with E-state index in [2.05, 4.69) is 4.74 Å². The first kappa shape index (κ1) is 34.3. The summed E-state index contributed by atoms with van der Waals surface area (Å²) < 4.78 is 44.1. The smallest absolute Gasteiger partial charge is 0.337 e. The van der Waals surface area contributed by atoms with Gasteiger partial charge in [-0.05, 0) is 19.3 Å². The highest BCUT2D eigenvalue weighted by atomic mass is 19.1. The zero-order valence-corrected chi connectivity index (χ0v) is 19.6. The molecule has 12 nitrogen and oxygen atoms in total. The number of halogens is 1. The van der Waals surface area contributed by atoms with E-state index in [0.717, 1.165) is 6.42 Å². The van der Waals surface area contributed by atoms with Crippen molar-refractivity contribution in [2.75, 3.05) is 34.1 Å². The molecule has 0 aliphatic carbocycles. The molecule has 13 heteroatoms. The van der Waals surface area contributed by atoms with Crippen LogP contribution in [0.15, 0.2) is 0 Å². The second kappa shape index (κ2) is 19.4. The summed E-state index contributed by atoms with van der Waals surface area (Å²) in [6.45, 7) is 6.36. The maximum atomic E-state index is 10.8. The third-order valence-electron chi connectivity index (χ3n) is 4.26. The van der Waals surface area contributed by atoms with E-state index in [1.807, 2.05) is 20.8 Å². The summed E-state index contributed by atoms with van der Waals surface area (Å²) in [4.78, 5) is 31.4. The van der Waals surface area contributed by atoms with Gasteiger partial charge in [-0.25, -0.2) is 14.4 Å². The quantitative estimate of drug-likeness (QED) is 0.507. The number of carbonyl (C=O) groups excluding carboxylic acids is 1. The van der Waals surface area contributed by atoms with Crippen molar-refractivity contribution in [3.8, 4) is 0 Å². The van der Waals surface area contributed by atoms with E-state index in [1.54, 1.807) is 0 Å². The Labute approximate surface area is 201 Å². The standard InChI is InChI=1S/C7H12O4.2C6H10O4.CH3F.CH4.H2/c1-3-6-10-4-5(11-6)7(8)9-2;2*1-2-5-9-3-4(10-5)6(7)8;1-2;;/h5-6H,3-4H2,1-2H3;2*4-5H,2-3H2,1H3,(H,7,8);1H3;1H4;1H/t5-,6?;4-,5+;4-,5-;;;/m111.../s1/i;;;;;1+2. The normalized spacial score (nSPS) is 29.1. The van der Waals surface area contributed by atoms with Gasteiger partial charge in [0.05, 0.1) is 34.1 Å². The van der Waals surface area contributed by atoms with E-state index < -0.39 is 30.3 Å². The third-order valence-corrected chi connectivity index (χ3v) is 4.26. The molecular formula is C21H41FO12. The molecule has 0 bridgehead atoms. The van der Waals surface area contributed by atoms with Gasteiger partial charge in [0.15, 0.2) is 37.2 Å². The highest BCUT2D eigenvalue weighted by molar-refractivity contribution is 5.75.